The monoisotopic (exact) mass is 204 g/mol. The van der Waals surface area contributed by atoms with Gasteiger partial charge in [-0.15, -0.1) is 0 Å². The van der Waals surface area contributed by atoms with Crippen molar-refractivity contribution < 1.29 is 0 Å². The fourth-order valence-corrected chi connectivity index (χ4v) is 2.38. The van der Waals surface area contributed by atoms with Crippen LogP contribution in [0.4, 0.5) is 5.82 Å². The van der Waals surface area contributed by atoms with Crippen molar-refractivity contribution in [1.29, 1.82) is 0 Å². The minimum absolute atomic E-state index is 0.557. The van der Waals surface area contributed by atoms with Crippen molar-refractivity contribution in [1.82, 2.24) is 4.98 Å². The first-order valence-electron chi connectivity index (χ1n) is 5.85. The predicted molar refractivity (Wildman–Crippen MR) is 64.5 cm³/mol. The summed E-state index contributed by atoms with van der Waals surface area (Å²) in [5.74, 6) is 1.82. The molecule has 82 valence electrons. The number of rotatable bonds is 2. The standard InChI is InChI=1S/C13H20N2/c1-9(2)11-5-7-14-13-12(11)6-8-15(13)10(3)4/h5,7,9-10H,6,8H2,1-4H3. The molecule has 0 saturated carbocycles. The van der Waals surface area contributed by atoms with Crippen LogP contribution in [0.3, 0.4) is 0 Å². The topological polar surface area (TPSA) is 16.1 Å². The van der Waals surface area contributed by atoms with Crippen LogP contribution in [0.5, 0.6) is 0 Å². The van der Waals surface area contributed by atoms with Gasteiger partial charge in [-0.3, -0.25) is 0 Å². The Morgan fingerprint density at radius 3 is 2.60 bits per heavy atom. The fourth-order valence-electron chi connectivity index (χ4n) is 2.38. The summed E-state index contributed by atoms with van der Waals surface area (Å²) in [6, 6.07) is 2.73. The molecule has 0 fully saturated rings. The molecule has 1 aromatic heterocycles. The maximum atomic E-state index is 4.53. The van der Waals surface area contributed by atoms with E-state index in [1.54, 1.807) is 0 Å². The second-order valence-electron chi connectivity index (χ2n) is 4.89. The zero-order chi connectivity index (χ0) is 11.0. The molecule has 0 unspecified atom stereocenters. The van der Waals surface area contributed by atoms with Crippen LogP contribution in [-0.2, 0) is 6.42 Å². The first kappa shape index (κ1) is 10.5. The second-order valence-corrected chi connectivity index (χ2v) is 4.89. The highest BCUT2D eigenvalue weighted by Gasteiger charge is 2.25. The molecule has 0 bridgehead atoms. The van der Waals surface area contributed by atoms with Gasteiger partial charge in [0.05, 0.1) is 0 Å². The molecular formula is C13H20N2. The molecule has 0 saturated heterocycles. The van der Waals surface area contributed by atoms with E-state index in [1.807, 2.05) is 6.20 Å². The Balaban J connectivity index is 2.43. The zero-order valence-corrected chi connectivity index (χ0v) is 10.1. The smallest absolute Gasteiger partial charge is 0.132 e. The minimum atomic E-state index is 0.557. The van der Waals surface area contributed by atoms with Crippen molar-refractivity contribution in [2.24, 2.45) is 0 Å². The van der Waals surface area contributed by atoms with Crippen LogP contribution >= 0.6 is 0 Å². The number of anilines is 1. The van der Waals surface area contributed by atoms with Gasteiger partial charge in [0.2, 0.25) is 0 Å². The van der Waals surface area contributed by atoms with Crippen LogP contribution in [0.15, 0.2) is 12.3 Å². The number of fused-ring (bicyclic) bond motifs is 1. The van der Waals surface area contributed by atoms with E-state index in [1.165, 1.54) is 16.9 Å². The molecular weight excluding hydrogens is 184 g/mol. The van der Waals surface area contributed by atoms with E-state index >= 15 is 0 Å². The normalized spacial score (nSPS) is 15.2. The van der Waals surface area contributed by atoms with Crippen LogP contribution in [0.1, 0.15) is 44.7 Å². The highest BCUT2D eigenvalue weighted by atomic mass is 15.2. The van der Waals surface area contributed by atoms with E-state index in [-0.39, 0.29) is 0 Å². The van der Waals surface area contributed by atoms with Crippen molar-refractivity contribution in [3.63, 3.8) is 0 Å². The Kier molecular flexibility index (Phi) is 2.68. The number of hydrogen-bond acceptors (Lipinski definition) is 2. The Morgan fingerprint density at radius 1 is 1.27 bits per heavy atom. The Bertz CT molecular complexity index is 356. The van der Waals surface area contributed by atoms with Crippen molar-refractivity contribution in [3.05, 3.63) is 23.4 Å². The largest absolute Gasteiger partial charge is 0.354 e. The molecule has 0 aromatic carbocycles. The summed E-state index contributed by atoms with van der Waals surface area (Å²) in [5, 5.41) is 0. The summed E-state index contributed by atoms with van der Waals surface area (Å²) in [6.45, 7) is 10.1. The average Bonchev–Trinajstić information content (AvgIpc) is 2.59. The molecule has 1 aromatic rings. The first-order chi connectivity index (χ1) is 7.11. The quantitative estimate of drug-likeness (QED) is 0.736. The molecule has 2 heterocycles. The van der Waals surface area contributed by atoms with Crippen molar-refractivity contribution >= 4 is 5.82 Å². The SMILES string of the molecule is CC(C)c1ccnc2c1CCN2C(C)C. The van der Waals surface area contributed by atoms with Crippen molar-refractivity contribution in [2.75, 3.05) is 11.4 Å². The third kappa shape index (κ3) is 1.73. The third-order valence-electron chi connectivity index (χ3n) is 3.19. The first-order valence-corrected chi connectivity index (χ1v) is 5.85. The summed E-state index contributed by atoms with van der Waals surface area (Å²) in [7, 11) is 0. The van der Waals surface area contributed by atoms with Gasteiger partial charge in [0.15, 0.2) is 0 Å². The van der Waals surface area contributed by atoms with Gasteiger partial charge in [0.1, 0.15) is 5.82 Å². The lowest BCUT2D eigenvalue weighted by Gasteiger charge is -2.23. The number of pyridine rings is 1. The minimum Gasteiger partial charge on any atom is -0.354 e. The van der Waals surface area contributed by atoms with Gasteiger partial charge in [-0.05, 0) is 43.4 Å². The third-order valence-corrected chi connectivity index (χ3v) is 3.19. The van der Waals surface area contributed by atoms with Gasteiger partial charge >= 0.3 is 0 Å². The molecule has 1 aliphatic heterocycles. The second kappa shape index (κ2) is 3.84. The van der Waals surface area contributed by atoms with E-state index in [0.29, 0.717) is 12.0 Å². The van der Waals surface area contributed by atoms with E-state index in [4.69, 9.17) is 0 Å². The lowest BCUT2D eigenvalue weighted by Crippen LogP contribution is -2.28. The maximum Gasteiger partial charge on any atom is 0.132 e. The summed E-state index contributed by atoms with van der Waals surface area (Å²) in [6.07, 6.45) is 3.11. The molecule has 0 aliphatic carbocycles. The van der Waals surface area contributed by atoms with Gasteiger partial charge < -0.3 is 4.90 Å². The van der Waals surface area contributed by atoms with Gasteiger partial charge in [0, 0.05) is 18.8 Å². The van der Waals surface area contributed by atoms with Crippen LogP contribution in [-0.4, -0.2) is 17.6 Å². The van der Waals surface area contributed by atoms with E-state index in [2.05, 4.69) is 43.6 Å². The number of aromatic nitrogens is 1. The van der Waals surface area contributed by atoms with Crippen molar-refractivity contribution in [3.8, 4) is 0 Å². The Hall–Kier alpha value is -1.05. The van der Waals surface area contributed by atoms with Crippen LogP contribution in [0.25, 0.3) is 0 Å². The molecule has 0 N–H and O–H groups in total. The average molecular weight is 204 g/mol. The van der Waals surface area contributed by atoms with Gasteiger partial charge in [-0.25, -0.2) is 4.98 Å². The molecule has 0 spiro atoms. The van der Waals surface area contributed by atoms with Gasteiger partial charge in [-0.2, -0.15) is 0 Å². The molecule has 0 radical (unpaired) electrons. The number of nitrogens with zero attached hydrogens (tertiary/aromatic N) is 2. The Morgan fingerprint density at radius 2 is 2.00 bits per heavy atom. The summed E-state index contributed by atoms with van der Waals surface area (Å²) in [5.41, 5.74) is 2.95. The molecule has 15 heavy (non-hydrogen) atoms. The molecule has 1 aliphatic rings. The highest BCUT2D eigenvalue weighted by Crippen LogP contribution is 2.32. The number of hydrogen-bond donors (Lipinski definition) is 0. The van der Waals surface area contributed by atoms with E-state index in [0.717, 1.165) is 13.0 Å². The highest BCUT2D eigenvalue weighted by molar-refractivity contribution is 5.56. The summed E-state index contributed by atoms with van der Waals surface area (Å²) in [4.78, 5) is 6.93. The molecule has 2 rings (SSSR count). The molecule has 2 heteroatoms. The molecule has 0 atom stereocenters. The van der Waals surface area contributed by atoms with Gasteiger partial charge in [-0.1, -0.05) is 13.8 Å². The van der Waals surface area contributed by atoms with Crippen molar-refractivity contribution in [2.45, 2.75) is 46.1 Å². The maximum absolute atomic E-state index is 4.53. The van der Waals surface area contributed by atoms with Crippen LogP contribution in [0.2, 0.25) is 0 Å². The fraction of sp³-hybridized carbons (Fsp3) is 0.615. The summed E-state index contributed by atoms with van der Waals surface area (Å²) < 4.78 is 0. The summed E-state index contributed by atoms with van der Waals surface area (Å²) >= 11 is 0. The van der Waals surface area contributed by atoms with Gasteiger partial charge in [0.25, 0.3) is 0 Å². The van der Waals surface area contributed by atoms with E-state index < -0.39 is 0 Å². The van der Waals surface area contributed by atoms with Crippen LogP contribution < -0.4 is 4.90 Å². The zero-order valence-electron chi connectivity index (χ0n) is 10.1. The lowest BCUT2D eigenvalue weighted by atomic mass is 9.98. The predicted octanol–water partition coefficient (Wildman–Crippen LogP) is 2.98. The van der Waals surface area contributed by atoms with E-state index in [9.17, 15) is 0 Å². The van der Waals surface area contributed by atoms with Crippen LogP contribution in [0, 0.1) is 0 Å². The Labute approximate surface area is 92.3 Å². The molecule has 2 nitrogen and oxygen atoms in total. The lowest BCUT2D eigenvalue weighted by molar-refractivity contribution is 0.703. The molecule has 0 amide bonds.